The highest BCUT2D eigenvalue weighted by atomic mass is 35.5. The Morgan fingerprint density at radius 1 is 1.39 bits per heavy atom. The number of anilines is 2. The molecular weight excluding hydrogens is 248 g/mol. The van der Waals surface area contributed by atoms with Gasteiger partial charge >= 0.3 is 0 Å². The summed E-state index contributed by atoms with van der Waals surface area (Å²) >= 11 is 6.20. The van der Waals surface area contributed by atoms with Crippen LogP contribution in [0.5, 0.6) is 0 Å². The molecule has 0 atom stereocenters. The normalized spacial score (nSPS) is 16.8. The Balaban J connectivity index is 1.92. The van der Waals surface area contributed by atoms with Crippen molar-refractivity contribution in [2.24, 2.45) is 5.92 Å². The molecular formula is C14H21ClN2O. The molecule has 3 nitrogen and oxygen atoms in total. The molecule has 4 heteroatoms. The summed E-state index contributed by atoms with van der Waals surface area (Å²) < 4.78 is 5.37. The zero-order valence-electron chi connectivity index (χ0n) is 10.9. The van der Waals surface area contributed by atoms with Gasteiger partial charge in [-0.1, -0.05) is 17.7 Å². The monoisotopic (exact) mass is 268 g/mol. The maximum Gasteiger partial charge on any atom is 0.0786 e. The lowest BCUT2D eigenvalue weighted by Gasteiger charge is -2.27. The van der Waals surface area contributed by atoms with E-state index in [2.05, 4.69) is 11.9 Å². The van der Waals surface area contributed by atoms with Gasteiger partial charge in [-0.3, -0.25) is 0 Å². The number of rotatable bonds is 4. The standard InChI is InChI=1S/C14H21ClN2O/c1-17(8-5-11-6-9-18-10-7-11)14-12(15)3-2-4-13(14)16/h2-4,11H,5-10,16H2,1H3. The van der Waals surface area contributed by atoms with E-state index in [0.717, 1.165) is 42.1 Å². The van der Waals surface area contributed by atoms with Crippen LogP contribution in [0.2, 0.25) is 5.02 Å². The molecule has 0 saturated carbocycles. The summed E-state index contributed by atoms with van der Waals surface area (Å²) in [6, 6.07) is 5.66. The number of para-hydroxylation sites is 1. The Kier molecular flexibility index (Phi) is 4.72. The molecule has 1 fully saturated rings. The first-order chi connectivity index (χ1) is 8.68. The number of nitrogen functional groups attached to an aromatic ring is 1. The van der Waals surface area contributed by atoms with Gasteiger partial charge in [-0.05, 0) is 37.3 Å². The minimum atomic E-state index is 0.726. The first-order valence-electron chi connectivity index (χ1n) is 6.51. The minimum absolute atomic E-state index is 0.726. The van der Waals surface area contributed by atoms with Crippen molar-refractivity contribution in [3.63, 3.8) is 0 Å². The van der Waals surface area contributed by atoms with Crippen molar-refractivity contribution in [1.29, 1.82) is 0 Å². The van der Waals surface area contributed by atoms with Crippen molar-refractivity contribution in [1.82, 2.24) is 0 Å². The smallest absolute Gasteiger partial charge is 0.0786 e. The van der Waals surface area contributed by atoms with E-state index in [0.29, 0.717) is 0 Å². The van der Waals surface area contributed by atoms with Gasteiger partial charge in [-0.25, -0.2) is 0 Å². The molecule has 0 aliphatic carbocycles. The second-order valence-electron chi connectivity index (χ2n) is 4.94. The molecule has 0 amide bonds. The average Bonchev–Trinajstić information content (AvgIpc) is 2.37. The molecule has 2 rings (SSSR count). The molecule has 0 unspecified atom stereocenters. The van der Waals surface area contributed by atoms with Crippen LogP contribution in [0, 0.1) is 5.92 Å². The molecule has 1 saturated heterocycles. The van der Waals surface area contributed by atoms with Gasteiger partial charge in [0.1, 0.15) is 0 Å². The van der Waals surface area contributed by atoms with Crippen molar-refractivity contribution in [2.45, 2.75) is 19.3 Å². The topological polar surface area (TPSA) is 38.5 Å². The van der Waals surface area contributed by atoms with Crippen molar-refractivity contribution in [3.05, 3.63) is 23.2 Å². The van der Waals surface area contributed by atoms with Crippen LogP contribution in [-0.4, -0.2) is 26.8 Å². The summed E-state index contributed by atoms with van der Waals surface area (Å²) in [5.74, 6) is 0.768. The highest BCUT2D eigenvalue weighted by Gasteiger charge is 2.16. The summed E-state index contributed by atoms with van der Waals surface area (Å²) in [4.78, 5) is 2.16. The predicted octanol–water partition coefficient (Wildman–Crippen LogP) is 3.18. The summed E-state index contributed by atoms with van der Waals surface area (Å²) in [7, 11) is 2.05. The van der Waals surface area contributed by atoms with E-state index in [-0.39, 0.29) is 0 Å². The largest absolute Gasteiger partial charge is 0.397 e. The van der Waals surface area contributed by atoms with E-state index in [4.69, 9.17) is 22.1 Å². The molecule has 1 aliphatic rings. The van der Waals surface area contributed by atoms with Crippen LogP contribution in [0.25, 0.3) is 0 Å². The SMILES string of the molecule is CN(CCC1CCOCC1)c1c(N)cccc1Cl. The Labute approximate surface area is 114 Å². The molecule has 0 radical (unpaired) electrons. The van der Waals surface area contributed by atoms with Gasteiger partial charge in [0.2, 0.25) is 0 Å². The fourth-order valence-electron chi connectivity index (χ4n) is 2.46. The predicted molar refractivity (Wildman–Crippen MR) is 77.3 cm³/mol. The summed E-state index contributed by atoms with van der Waals surface area (Å²) in [6.45, 7) is 2.80. The summed E-state index contributed by atoms with van der Waals surface area (Å²) in [5.41, 5.74) is 7.68. The third kappa shape index (κ3) is 3.30. The molecule has 100 valence electrons. The summed E-state index contributed by atoms with van der Waals surface area (Å²) in [6.07, 6.45) is 3.52. The lowest BCUT2D eigenvalue weighted by Crippen LogP contribution is -2.25. The average molecular weight is 269 g/mol. The van der Waals surface area contributed by atoms with Crippen molar-refractivity contribution in [2.75, 3.05) is 37.4 Å². The van der Waals surface area contributed by atoms with Crippen molar-refractivity contribution in [3.8, 4) is 0 Å². The molecule has 0 spiro atoms. The number of nitrogens with two attached hydrogens (primary N) is 1. The van der Waals surface area contributed by atoms with Gasteiger partial charge in [0.05, 0.1) is 16.4 Å². The number of benzene rings is 1. The number of nitrogens with zero attached hydrogens (tertiary/aromatic N) is 1. The number of ether oxygens (including phenoxy) is 1. The first-order valence-corrected chi connectivity index (χ1v) is 6.89. The summed E-state index contributed by atoms with van der Waals surface area (Å²) in [5, 5.41) is 0.726. The molecule has 1 heterocycles. The second-order valence-corrected chi connectivity index (χ2v) is 5.35. The van der Waals surface area contributed by atoms with E-state index in [1.807, 2.05) is 18.2 Å². The lowest BCUT2D eigenvalue weighted by molar-refractivity contribution is 0.0645. The molecule has 1 aliphatic heterocycles. The van der Waals surface area contributed by atoms with Gasteiger partial charge in [0.15, 0.2) is 0 Å². The molecule has 0 bridgehead atoms. The van der Waals surface area contributed by atoms with Crippen LogP contribution in [0.4, 0.5) is 11.4 Å². The molecule has 0 aromatic heterocycles. The zero-order valence-corrected chi connectivity index (χ0v) is 11.6. The highest BCUT2D eigenvalue weighted by Crippen LogP contribution is 2.31. The first kappa shape index (κ1) is 13.5. The number of hydrogen-bond acceptors (Lipinski definition) is 3. The van der Waals surface area contributed by atoms with E-state index in [1.54, 1.807) is 0 Å². The van der Waals surface area contributed by atoms with Gasteiger partial charge < -0.3 is 15.4 Å². The van der Waals surface area contributed by atoms with Gasteiger partial charge in [-0.15, -0.1) is 0 Å². The van der Waals surface area contributed by atoms with Gasteiger partial charge in [-0.2, -0.15) is 0 Å². The Bertz CT molecular complexity index is 371. The van der Waals surface area contributed by atoms with E-state index in [1.165, 1.54) is 19.3 Å². The fraction of sp³-hybridized carbons (Fsp3) is 0.571. The Morgan fingerprint density at radius 2 is 2.11 bits per heavy atom. The van der Waals surface area contributed by atoms with Crippen LogP contribution >= 0.6 is 11.6 Å². The van der Waals surface area contributed by atoms with Crippen molar-refractivity contribution >= 4 is 23.0 Å². The van der Waals surface area contributed by atoms with E-state index >= 15 is 0 Å². The van der Waals surface area contributed by atoms with Gasteiger partial charge in [0, 0.05) is 26.8 Å². The van der Waals surface area contributed by atoms with E-state index < -0.39 is 0 Å². The molecule has 18 heavy (non-hydrogen) atoms. The molecule has 2 N–H and O–H groups in total. The van der Waals surface area contributed by atoms with Crippen LogP contribution in [-0.2, 0) is 4.74 Å². The third-order valence-corrected chi connectivity index (χ3v) is 3.92. The maximum absolute atomic E-state index is 6.20. The second kappa shape index (κ2) is 6.30. The van der Waals surface area contributed by atoms with Crippen LogP contribution in [0.1, 0.15) is 19.3 Å². The maximum atomic E-state index is 6.20. The van der Waals surface area contributed by atoms with Crippen molar-refractivity contribution < 1.29 is 4.74 Å². The quantitative estimate of drug-likeness (QED) is 0.853. The van der Waals surface area contributed by atoms with Crippen LogP contribution < -0.4 is 10.6 Å². The fourth-order valence-corrected chi connectivity index (χ4v) is 2.78. The lowest BCUT2D eigenvalue weighted by atomic mass is 9.96. The molecule has 1 aromatic carbocycles. The number of hydrogen-bond donors (Lipinski definition) is 1. The van der Waals surface area contributed by atoms with Gasteiger partial charge in [0.25, 0.3) is 0 Å². The highest BCUT2D eigenvalue weighted by molar-refractivity contribution is 6.33. The molecule has 1 aromatic rings. The zero-order chi connectivity index (χ0) is 13.0. The Morgan fingerprint density at radius 3 is 2.78 bits per heavy atom. The van der Waals surface area contributed by atoms with E-state index in [9.17, 15) is 0 Å². The van der Waals surface area contributed by atoms with Crippen LogP contribution in [0.15, 0.2) is 18.2 Å². The van der Waals surface area contributed by atoms with Crippen LogP contribution in [0.3, 0.4) is 0 Å². The Hall–Kier alpha value is -0.930. The minimum Gasteiger partial charge on any atom is -0.397 e. The third-order valence-electron chi connectivity index (χ3n) is 3.61. The number of halogens is 1.